The molecule has 0 unspecified atom stereocenters. The minimum Gasteiger partial charge on any atom is -0.346 e. The first-order valence-corrected chi connectivity index (χ1v) is 4.07. The Labute approximate surface area is 80.2 Å². The van der Waals surface area contributed by atoms with Gasteiger partial charge < -0.3 is 11.1 Å². The molecule has 0 saturated carbocycles. The lowest BCUT2D eigenvalue weighted by molar-refractivity contribution is -0.138. The highest BCUT2D eigenvalue weighted by atomic mass is 19.4. The molecule has 0 aliphatic rings. The fourth-order valence-corrected chi connectivity index (χ4v) is 0.799. The number of carbonyl (C=O) groups is 1. The zero-order chi connectivity index (χ0) is 11.2. The molecule has 0 saturated heterocycles. The second kappa shape index (κ2) is 5.82. The maximum atomic E-state index is 11.7. The smallest absolute Gasteiger partial charge is 0.346 e. The number of hydrogen-bond acceptors (Lipinski definition) is 3. The van der Waals surface area contributed by atoms with Gasteiger partial charge >= 0.3 is 6.18 Å². The fraction of sp³-hybridized carbons (Fsp3) is 0.857. The third-order valence-corrected chi connectivity index (χ3v) is 1.41. The third-order valence-electron chi connectivity index (χ3n) is 1.41. The number of nitrogens with one attached hydrogen (secondary N) is 1. The predicted molar refractivity (Wildman–Crippen MR) is 45.6 cm³/mol. The summed E-state index contributed by atoms with van der Waals surface area (Å²) in [6, 6.07) is 0. The first-order valence-electron chi connectivity index (χ1n) is 4.07. The van der Waals surface area contributed by atoms with Crippen LogP contribution in [0.15, 0.2) is 0 Å². The van der Waals surface area contributed by atoms with Crippen LogP contribution in [0.1, 0.15) is 0 Å². The number of hydrogen-bond donors (Lipinski definition) is 2. The van der Waals surface area contributed by atoms with Crippen molar-refractivity contribution in [3.63, 3.8) is 0 Å². The van der Waals surface area contributed by atoms with E-state index in [0.29, 0.717) is 13.1 Å². The Bertz CT molecular complexity index is 184. The monoisotopic (exact) mass is 213 g/mol. The van der Waals surface area contributed by atoms with Crippen molar-refractivity contribution in [2.45, 2.75) is 6.18 Å². The zero-order valence-electron chi connectivity index (χ0n) is 7.90. The predicted octanol–water partition coefficient (Wildman–Crippen LogP) is -0.445. The van der Waals surface area contributed by atoms with Crippen molar-refractivity contribution >= 4 is 5.91 Å². The molecule has 0 aromatic heterocycles. The van der Waals surface area contributed by atoms with Gasteiger partial charge in [-0.15, -0.1) is 0 Å². The quantitative estimate of drug-likeness (QED) is 0.650. The Morgan fingerprint density at radius 3 is 2.50 bits per heavy atom. The molecule has 3 N–H and O–H groups in total. The van der Waals surface area contributed by atoms with Gasteiger partial charge in [0.2, 0.25) is 5.91 Å². The normalized spacial score (nSPS) is 11.9. The van der Waals surface area contributed by atoms with Crippen LogP contribution in [0.3, 0.4) is 0 Å². The van der Waals surface area contributed by atoms with Crippen LogP contribution in [-0.2, 0) is 4.79 Å². The Morgan fingerprint density at radius 2 is 2.07 bits per heavy atom. The van der Waals surface area contributed by atoms with E-state index in [4.69, 9.17) is 5.73 Å². The van der Waals surface area contributed by atoms with Crippen LogP contribution >= 0.6 is 0 Å². The molecule has 1 amide bonds. The molecule has 14 heavy (non-hydrogen) atoms. The summed E-state index contributed by atoms with van der Waals surface area (Å²) in [4.78, 5) is 12.4. The third kappa shape index (κ3) is 7.81. The van der Waals surface area contributed by atoms with Gasteiger partial charge in [-0.3, -0.25) is 9.69 Å². The summed E-state index contributed by atoms with van der Waals surface area (Å²) in [6.07, 6.45) is -4.36. The summed E-state index contributed by atoms with van der Waals surface area (Å²) in [6.45, 7) is -0.530. The molecule has 84 valence electrons. The van der Waals surface area contributed by atoms with E-state index in [-0.39, 0.29) is 6.54 Å². The van der Waals surface area contributed by atoms with Crippen molar-refractivity contribution in [1.82, 2.24) is 10.2 Å². The average molecular weight is 213 g/mol. The minimum atomic E-state index is -4.36. The van der Waals surface area contributed by atoms with Crippen molar-refractivity contribution in [3.8, 4) is 0 Å². The van der Waals surface area contributed by atoms with Crippen LogP contribution in [0.5, 0.6) is 0 Å². The van der Waals surface area contributed by atoms with Crippen LogP contribution in [0, 0.1) is 0 Å². The van der Waals surface area contributed by atoms with Crippen LogP contribution in [-0.4, -0.2) is 50.2 Å². The van der Waals surface area contributed by atoms with E-state index in [0.717, 1.165) is 0 Å². The van der Waals surface area contributed by atoms with E-state index in [9.17, 15) is 18.0 Å². The topological polar surface area (TPSA) is 58.4 Å². The second-order valence-corrected chi connectivity index (χ2v) is 2.92. The minimum absolute atomic E-state index is 0.0761. The van der Waals surface area contributed by atoms with E-state index in [1.165, 1.54) is 0 Å². The molecular weight excluding hydrogens is 199 g/mol. The highest BCUT2D eigenvalue weighted by Crippen LogP contribution is 2.11. The molecule has 0 aromatic rings. The highest BCUT2D eigenvalue weighted by molar-refractivity contribution is 5.77. The SMILES string of the molecule is CN(CCN)CC(=O)NCC(F)(F)F. The first kappa shape index (κ1) is 13.2. The van der Waals surface area contributed by atoms with Gasteiger partial charge in [0, 0.05) is 13.1 Å². The maximum Gasteiger partial charge on any atom is 0.405 e. The molecule has 0 fully saturated rings. The Hall–Kier alpha value is -0.820. The molecule has 0 bridgehead atoms. The van der Waals surface area contributed by atoms with Crippen molar-refractivity contribution < 1.29 is 18.0 Å². The summed E-state index contributed by atoms with van der Waals surface area (Å²) >= 11 is 0. The van der Waals surface area contributed by atoms with Gasteiger partial charge in [0.1, 0.15) is 6.54 Å². The van der Waals surface area contributed by atoms with Gasteiger partial charge in [-0.1, -0.05) is 0 Å². The lowest BCUT2D eigenvalue weighted by Crippen LogP contribution is -2.41. The van der Waals surface area contributed by atoms with Crippen molar-refractivity contribution in [3.05, 3.63) is 0 Å². The van der Waals surface area contributed by atoms with Crippen molar-refractivity contribution in [1.29, 1.82) is 0 Å². The number of amides is 1. The van der Waals surface area contributed by atoms with Crippen LogP contribution in [0.25, 0.3) is 0 Å². The van der Waals surface area contributed by atoms with Crippen LogP contribution in [0.4, 0.5) is 13.2 Å². The number of rotatable bonds is 5. The van der Waals surface area contributed by atoms with Gasteiger partial charge in [-0.25, -0.2) is 0 Å². The molecule has 0 aromatic carbocycles. The lowest BCUT2D eigenvalue weighted by atomic mass is 10.4. The summed E-state index contributed by atoms with van der Waals surface area (Å²) in [5, 5.41) is 1.77. The molecule has 0 radical (unpaired) electrons. The number of nitrogens with zero attached hydrogens (tertiary/aromatic N) is 1. The number of halogens is 3. The van der Waals surface area contributed by atoms with E-state index < -0.39 is 18.6 Å². The largest absolute Gasteiger partial charge is 0.405 e. The van der Waals surface area contributed by atoms with Crippen molar-refractivity contribution in [2.24, 2.45) is 5.73 Å². The van der Waals surface area contributed by atoms with E-state index in [1.807, 2.05) is 0 Å². The number of likely N-dealkylation sites (N-methyl/N-ethyl adjacent to an activating group) is 1. The number of nitrogens with two attached hydrogens (primary N) is 1. The van der Waals surface area contributed by atoms with Crippen LogP contribution in [0.2, 0.25) is 0 Å². The highest BCUT2D eigenvalue weighted by Gasteiger charge is 2.27. The summed E-state index contributed by atoms with van der Waals surface area (Å²) in [5.41, 5.74) is 5.19. The van der Waals surface area contributed by atoms with E-state index in [1.54, 1.807) is 17.3 Å². The first-order chi connectivity index (χ1) is 6.35. The molecule has 7 heteroatoms. The van der Waals surface area contributed by atoms with Crippen LogP contribution < -0.4 is 11.1 Å². The van der Waals surface area contributed by atoms with Gasteiger partial charge in [0.25, 0.3) is 0 Å². The van der Waals surface area contributed by atoms with Gasteiger partial charge in [-0.2, -0.15) is 13.2 Å². The van der Waals surface area contributed by atoms with Crippen molar-refractivity contribution in [2.75, 3.05) is 33.2 Å². The van der Waals surface area contributed by atoms with Gasteiger partial charge in [-0.05, 0) is 7.05 Å². The molecule has 0 aliphatic carbocycles. The molecule has 4 nitrogen and oxygen atoms in total. The number of alkyl halides is 3. The average Bonchev–Trinajstić information content (AvgIpc) is 2.00. The second-order valence-electron chi connectivity index (χ2n) is 2.92. The Kier molecular flexibility index (Phi) is 5.47. The van der Waals surface area contributed by atoms with Gasteiger partial charge in [0.15, 0.2) is 0 Å². The van der Waals surface area contributed by atoms with E-state index in [2.05, 4.69) is 0 Å². The molecule has 0 heterocycles. The molecule has 0 atom stereocenters. The maximum absolute atomic E-state index is 11.7. The number of carbonyl (C=O) groups excluding carboxylic acids is 1. The molecule has 0 spiro atoms. The molecule has 0 rings (SSSR count). The fourth-order valence-electron chi connectivity index (χ4n) is 0.799. The molecular formula is C7H14F3N3O. The van der Waals surface area contributed by atoms with E-state index >= 15 is 0 Å². The van der Waals surface area contributed by atoms with Gasteiger partial charge in [0.05, 0.1) is 6.54 Å². The summed E-state index contributed by atoms with van der Waals surface area (Å²) < 4.78 is 35.0. The lowest BCUT2D eigenvalue weighted by Gasteiger charge is -2.15. The summed E-state index contributed by atoms with van der Waals surface area (Å²) in [5.74, 6) is -0.654. The zero-order valence-corrected chi connectivity index (χ0v) is 7.90. The standard InChI is InChI=1S/C7H14F3N3O/c1-13(3-2-11)4-6(14)12-5-7(8,9)10/h2-5,11H2,1H3,(H,12,14). The Morgan fingerprint density at radius 1 is 1.50 bits per heavy atom. The molecule has 0 aliphatic heterocycles. The summed E-state index contributed by atoms with van der Waals surface area (Å²) in [7, 11) is 1.61. The Balaban J connectivity index is 3.65.